The quantitative estimate of drug-likeness (QED) is 0.940. The SMILES string of the molecule is Cc1cccnc1-c1cccc2c1O[C@@H](CNC(=O)C(C)(C)C)C2. The first-order chi connectivity index (χ1) is 11.4. The zero-order valence-electron chi connectivity index (χ0n) is 14.7. The van der Waals surface area contributed by atoms with Gasteiger partial charge in [0.25, 0.3) is 0 Å². The van der Waals surface area contributed by atoms with Gasteiger partial charge in [-0.05, 0) is 30.2 Å². The third kappa shape index (κ3) is 3.28. The lowest BCUT2D eigenvalue weighted by Crippen LogP contribution is -2.40. The first-order valence-corrected chi connectivity index (χ1v) is 8.35. The van der Waals surface area contributed by atoms with Crippen LogP contribution in [0.25, 0.3) is 11.3 Å². The molecule has 3 rings (SSSR count). The molecule has 1 aromatic heterocycles. The molecule has 0 radical (unpaired) electrons. The van der Waals surface area contributed by atoms with Crippen LogP contribution in [0.2, 0.25) is 0 Å². The Morgan fingerprint density at radius 3 is 2.79 bits per heavy atom. The van der Waals surface area contributed by atoms with Crippen LogP contribution >= 0.6 is 0 Å². The fourth-order valence-electron chi connectivity index (χ4n) is 2.88. The van der Waals surface area contributed by atoms with Crippen molar-refractivity contribution in [3.05, 3.63) is 47.7 Å². The van der Waals surface area contributed by atoms with Gasteiger partial charge in [-0.1, -0.05) is 39.0 Å². The number of rotatable bonds is 3. The summed E-state index contributed by atoms with van der Waals surface area (Å²) in [6, 6.07) is 10.2. The molecule has 4 nitrogen and oxygen atoms in total. The number of hydrogen-bond acceptors (Lipinski definition) is 3. The molecule has 1 aliphatic rings. The summed E-state index contributed by atoms with van der Waals surface area (Å²) in [5.74, 6) is 0.942. The third-order valence-electron chi connectivity index (χ3n) is 4.26. The lowest BCUT2D eigenvalue weighted by Gasteiger charge is -2.20. The third-order valence-corrected chi connectivity index (χ3v) is 4.26. The largest absolute Gasteiger partial charge is 0.487 e. The first-order valence-electron chi connectivity index (χ1n) is 8.35. The van der Waals surface area contributed by atoms with Crippen molar-refractivity contribution in [1.29, 1.82) is 0 Å². The van der Waals surface area contributed by atoms with Crippen molar-refractivity contribution < 1.29 is 9.53 Å². The molecule has 0 spiro atoms. The van der Waals surface area contributed by atoms with Gasteiger partial charge in [-0.15, -0.1) is 0 Å². The average molecular weight is 324 g/mol. The number of para-hydroxylation sites is 1. The van der Waals surface area contributed by atoms with Gasteiger partial charge >= 0.3 is 0 Å². The van der Waals surface area contributed by atoms with Crippen LogP contribution in [0.4, 0.5) is 0 Å². The van der Waals surface area contributed by atoms with Crippen LogP contribution in [-0.2, 0) is 11.2 Å². The lowest BCUT2D eigenvalue weighted by atomic mass is 9.95. The number of carbonyl (C=O) groups excluding carboxylic acids is 1. The molecular weight excluding hydrogens is 300 g/mol. The highest BCUT2D eigenvalue weighted by Gasteiger charge is 2.28. The molecule has 0 bridgehead atoms. The minimum absolute atomic E-state index is 0.0310. The Labute approximate surface area is 143 Å². The number of hydrogen-bond donors (Lipinski definition) is 1. The molecule has 126 valence electrons. The van der Waals surface area contributed by atoms with Gasteiger partial charge in [-0.25, -0.2) is 0 Å². The second-order valence-corrected chi connectivity index (χ2v) is 7.37. The first kappa shape index (κ1) is 16.5. The normalized spacial score (nSPS) is 16.4. The Balaban J connectivity index is 1.78. The fraction of sp³-hybridized carbons (Fsp3) is 0.400. The molecule has 2 heterocycles. The maximum Gasteiger partial charge on any atom is 0.225 e. The molecule has 1 aliphatic heterocycles. The van der Waals surface area contributed by atoms with E-state index < -0.39 is 0 Å². The molecule has 1 aromatic carbocycles. The Morgan fingerprint density at radius 1 is 1.29 bits per heavy atom. The Hall–Kier alpha value is -2.36. The summed E-state index contributed by atoms with van der Waals surface area (Å²) in [6.45, 7) is 8.31. The number of ether oxygens (including phenoxy) is 1. The molecule has 2 aromatic rings. The number of pyridine rings is 1. The Morgan fingerprint density at radius 2 is 2.08 bits per heavy atom. The van der Waals surface area contributed by atoms with Crippen molar-refractivity contribution in [3.8, 4) is 17.0 Å². The summed E-state index contributed by atoms with van der Waals surface area (Å²) in [6.07, 6.45) is 2.58. The molecule has 0 saturated heterocycles. The Bertz CT molecular complexity index is 762. The van der Waals surface area contributed by atoms with Crippen LogP contribution in [-0.4, -0.2) is 23.5 Å². The minimum Gasteiger partial charge on any atom is -0.487 e. The highest BCUT2D eigenvalue weighted by molar-refractivity contribution is 5.81. The summed E-state index contributed by atoms with van der Waals surface area (Å²) in [7, 11) is 0. The molecule has 0 aliphatic carbocycles. The van der Waals surface area contributed by atoms with Crippen LogP contribution < -0.4 is 10.1 Å². The predicted octanol–water partition coefficient (Wildman–Crippen LogP) is 3.52. The molecule has 1 N–H and O–H groups in total. The number of fused-ring (bicyclic) bond motifs is 1. The second kappa shape index (κ2) is 6.27. The van der Waals surface area contributed by atoms with E-state index in [1.54, 1.807) is 6.20 Å². The fourth-order valence-corrected chi connectivity index (χ4v) is 2.88. The van der Waals surface area contributed by atoms with Crippen LogP contribution in [0, 0.1) is 12.3 Å². The summed E-state index contributed by atoms with van der Waals surface area (Å²) >= 11 is 0. The summed E-state index contributed by atoms with van der Waals surface area (Å²) in [5.41, 5.74) is 3.89. The number of carbonyl (C=O) groups is 1. The highest BCUT2D eigenvalue weighted by atomic mass is 16.5. The van der Waals surface area contributed by atoms with Gasteiger partial charge in [0.2, 0.25) is 5.91 Å². The zero-order chi connectivity index (χ0) is 17.3. The van der Waals surface area contributed by atoms with Gasteiger partial charge in [0.05, 0.1) is 12.2 Å². The van der Waals surface area contributed by atoms with E-state index in [1.165, 1.54) is 5.56 Å². The van der Waals surface area contributed by atoms with Crippen molar-refractivity contribution in [2.45, 2.75) is 40.2 Å². The van der Waals surface area contributed by atoms with Crippen molar-refractivity contribution in [3.63, 3.8) is 0 Å². The van der Waals surface area contributed by atoms with Crippen LogP contribution in [0.1, 0.15) is 31.9 Å². The average Bonchev–Trinajstić information content (AvgIpc) is 2.95. The maximum absolute atomic E-state index is 12.1. The van der Waals surface area contributed by atoms with E-state index in [9.17, 15) is 4.79 Å². The number of aryl methyl sites for hydroxylation is 1. The van der Waals surface area contributed by atoms with Crippen molar-refractivity contribution >= 4 is 5.91 Å². The van der Waals surface area contributed by atoms with E-state index in [0.29, 0.717) is 6.54 Å². The van der Waals surface area contributed by atoms with Gasteiger partial charge in [-0.3, -0.25) is 9.78 Å². The van der Waals surface area contributed by atoms with Gasteiger partial charge in [-0.2, -0.15) is 0 Å². The number of aromatic nitrogens is 1. The molecule has 4 heteroatoms. The number of amides is 1. The summed E-state index contributed by atoms with van der Waals surface area (Å²) in [4.78, 5) is 16.6. The van der Waals surface area contributed by atoms with Crippen LogP contribution in [0.5, 0.6) is 5.75 Å². The maximum atomic E-state index is 12.1. The van der Waals surface area contributed by atoms with E-state index >= 15 is 0 Å². The molecule has 1 amide bonds. The van der Waals surface area contributed by atoms with E-state index in [4.69, 9.17) is 4.74 Å². The highest BCUT2D eigenvalue weighted by Crippen LogP contribution is 2.38. The molecule has 0 unspecified atom stereocenters. The van der Waals surface area contributed by atoms with E-state index in [1.807, 2.05) is 39.0 Å². The van der Waals surface area contributed by atoms with Gasteiger partial charge in [0.1, 0.15) is 11.9 Å². The standard InChI is InChI=1S/C20H24N2O2/c1-13-7-6-10-21-17(13)16-9-5-8-14-11-15(24-18(14)16)12-22-19(23)20(2,3)4/h5-10,15H,11-12H2,1-4H3,(H,22,23)/t15-/m1/s1. The van der Waals surface area contributed by atoms with Crippen LogP contribution in [0.3, 0.4) is 0 Å². The van der Waals surface area contributed by atoms with E-state index in [-0.39, 0.29) is 17.4 Å². The Kier molecular flexibility index (Phi) is 4.31. The number of nitrogens with zero attached hydrogens (tertiary/aromatic N) is 1. The second-order valence-electron chi connectivity index (χ2n) is 7.37. The van der Waals surface area contributed by atoms with Gasteiger partial charge in [0, 0.05) is 23.6 Å². The number of benzene rings is 1. The zero-order valence-corrected chi connectivity index (χ0v) is 14.7. The molecule has 24 heavy (non-hydrogen) atoms. The van der Waals surface area contributed by atoms with E-state index in [2.05, 4.69) is 29.4 Å². The molecule has 1 atom stereocenters. The molecule has 0 saturated carbocycles. The number of nitrogens with one attached hydrogen (secondary N) is 1. The molecular formula is C20H24N2O2. The summed E-state index contributed by atoms with van der Waals surface area (Å²) < 4.78 is 6.16. The smallest absolute Gasteiger partial charge is 0.225 e. The van der Waals surface area contributed by atoms with Crippen LogP contribution in [0.15, 0.2) is 36.5 Å². The van der Waals surface area contributed by atoms with Gasteiger partial charge in [0.15, 0.2) is 0 Å². The molecule has 0 fully saturated rings. The monoisotopic (exact) mass is 324 g/mol. The minimum atomic E-state index is -0.387. The van der Waals surface area contributed by atoms with Gasteiger partial charge < -0.3 is 10.1 Å². The lowest BCUT2D eigenvalue weighted by molar-refractivity contribution is -0.128. The predicted molar refractivity (Wildman–Crippen MR) is 95.0 cm³/mol. The van der Waals surface area contributed by atoms with E-state index in [0.717, 1.165) is 29.0 Å². The van der Waals surface area contributed by atoms with Crippen molar-refractivity contribution in [2.75, 3.05) is 6.54 Å². The van der Waals surface area contributed by atoms with Crippen molar-refractivity contribution in [1.82, 2.24) is 10.3 Å². The van der Waals surface area contributed by atoms with Crippen molar-refractivity contribution in [2.24, 2.45) is 5.41 Å². The summed E-state index contributed by atoms with van der Waals surface area (Å²) in [5, 5.41) is 2.99. The topological polar surface area (TPSA) is 51.2 Å².